The minimum atomic E-state index is -0.915. The topological polar surface area (TPSA) is 58.6 Å². The Balaban J connectivity index is 1.83. The van der Waals surface area contributed by atoms with Crippen LogP contribution in [0.2, 0.25) is 0 Å². The quantitative estimate of drug-likeness (QED) is 0.763. The van der Waals surface area contributed by atoms with Gasteiger partial charge in [-0.2, -0.15) is 0 Å². The van der Waals surface area contributed by atoms with Gasteiger partial charge in [0, 0.05) is 6.54 Å². The summed E-state index contributed by atoms with van der Waals surface area (Å²) in [5.74, 6) is -0.0682. The summed E-state index contributed by atoms with van der Waals surface area (Å²) in [6, 6.07) is 14.9. The van der Waals surface area contributed by atoms with Crippen molar-refractivity contribution in [1.29, 1.82) is 0 Å². The van der Waals surface area contributed by atoms with E-state index in [1.807, 2.05) is 43.3 Å². The van der Waals surface area contributed by atoms with E-state index in [0.29, 0.717) is 24.4 Å². The van der Waals surface area contributed by atoms with Gasteiger partial charge in [-0.25, -0.2) is 4.79 Å². The van der Waals surface area contributed by atoms with Gasteiger partial charge in [-0.3, -0.25) is 0 Å². The predicted molar refractivity (Wildman–Crippen MR) is 83.2 cm³/mol. The van der Waals surface area contributed by atoms with Crippen LogP contribution in [0.3, 0.4) is 0 Å². The maximum atomic E-state index is 11.2. The van der Waals surface area contributed by atoms with Crippen molar-refractivity contribution >= 4 is 11.7 Å². The molecule has 0 bridgehead atoms. The number of aryl methyl sites for hydroxylation is 1. The zero-order chi connectivity index (χ0) is 15.1. The van der Waals surface area contributed by atoms with Crippen LogP contribution in [0.25, 0.3) is 0 Å². The average molecular weight is 285 g/mol. The van der Waals surface area contributed by atoms with E-state index in [-0.39, 0.29) is 0 Å². The fourth-order valence-corrected chi connectivity index (χ4v) is 2.07. The van der Waals surface area contributed by atoms with E-state index in [0.717, 1.165) is 17.7 Å². The molecule has 21 heavy (non-hydrogen) atoms. The molecule has 0 spiro atoms. The van der Waals surface area contributed by atoms with Crippen LogP contribution in [-0.4, -0.2) is 24.2 Å². The number of benzene rings is 2. The molecule has 2 aromatic rings. The summed E-state index contributed by atoms with van der Waals surface area (Å²) < 4.78 is 5.60. The van der Waals surface area contributed by atoms with E-state index in [2.05, 4.69) is 5.32 Å². The summed E-state index contributed by atoms with van der Waals surface area (Å²) in [4.78, 5) is 11.2. The Kier molecular flexibility index (Phi) is 5.21. The lowest BCUT2D eigenvalue weighted by atomic mass is 10.1. The zero-order valence-electron chi connectivity index (χ0n) is 12.0. The fourth-order valence-electron chi connectivity index (χ4n) is 2.07. The molecule has 4 heteroatoms. The van der Waals surface area contributed by atoms with Gasteiger partial charge in [0.05, 0.1) is 17.9 Å². The summed E-state index contributed by atoms with van der Waals surface area (Å²) in [6.07, 6.45) is 0.794. The normalized spacial score (nSPS) is 10.1. The molecule has 0 radical (unpaired) electrons. The Labute approximate surface area is 124 Å². The van der Waals surface area contributed by atoms with E-state index >= 15 is 0 Å². The molecule has 0 heterocycles. The number of hydrogen-bond donors (Lipinski definition) is 2. The van der Waals surface area contributed by atoms with Crippen LogP contribution < -0.4 is 10.1 Å². The van der Waals surface area contributed by atoms with Crippen molar-refractivity contribution in [2.24, 2.45) is 0 Å². The Morgan fingerprint density at radius 2 is 1.90 bits per heavy atom. The monoisotopic (exact) mass is 285 g/mol. The Hall–Kier alpha value is -2.49. The minimum Gasteiger partial charge on any atom is -0.494 e. The summed E-state index contributed by atoms with van der Waals surface area (Å²) in [6.45, 7) is 3.15. The fraction of sp³-hybridized carbons (Fsp3) is 0.235. The highest BCUT2D eigenvalue weighted by atomic mass is 16.5. The molecule has 0 amide bonds. The van der Waals surface area contributed by atoms with Crippen molar-refractivity contribution in [1.82, 2.24) is 0 Å². The van der Waals surface area contributed by atoms with Gasteiger partial charge in [0.25, 0.3) is 0 Å². The first-order valence-electron chi connectivity index (χ1n) is 6.93. The summed E-state index contributed by atoms with van der Waals surface area (Å²) in [5.41, 5.74) is 1.92. The van der Waals surface area contributed by atoms with Crippen molar-refractivity contribution < 1.29 is 14.6 Å². The van der Waals surface area contributed by atoms with Crippen molar-refractivity contribution in [3.63, 3.8) is 0 Å². The van der Waals surface area contributed by atoms with Gasteiger partial charge in [0.1, 0.15) is 5.75 Å². The lowest BCUT2D eigenvalue weighted by molar-refractivity contribution is 0.0698. The smallest absolute Gasteiger partial charge is 0.337 e. The molecule has 2 rings (SSSR count). The molecule has 0 fully saturated rings. The highest BCUT2D eigenvalue weighted by molar-refractivity contribution is 5.95. The second kappa shape index (κ2) is 7.33. The van der Waals surface area contributed by atoms with E-state index < -0.39 is 5.97 Å². The van der Waals surface area contributed by atoms with Crippen molar-refractivity contribution in [3.8, 4) is 5.75 Å². The molecule has 110 valence electrons. The third-order valence-corrected chi connectivity index (χ3v) is 3.14. The first kappa shape index (κ1) is 14.9. The molecule has 0 aromatic heterocycles. The van der Waals surface area contributed by atoms with Gasteiger partial charge in [0.15, 0.2) is 0 Å². The zero-order valence-corrected chi connectivity index (χ0v) is 12.0. The standard InChI is InChI=1S/C17H19NO3/c1-13-7-5-10-15(17(19)20)16(13)18-11-6-12-21-14-8-3-2-4-9-14/h2-5,7-10,18H,6,11-12H2,1H3,(H,19,20). The van der Waals surface area contributed by atoms with Gasteiger partial charge in [0.2, 0.25) is 0 Å². The van der Waals surface area contributed by atoms with Crippen LogP contribution in [0, 0.1) is 6.92 Å². The molecule has 0 aliphatic rings. The molecular formula is C17H19NO3. The second-order valence-corrected chi connectivity index (χ2v) is 4.74. The first-order valence-corrected chi connectivity index (χ1v) is 6.93. The molecule has 0 saturated carbocycles. The number of rotatable bonds is 7. The highest BCUT2D eigenvalue weighted by Gasteiger charge is 2.11. The van der Waals surface area contributed by atoms with Crippen LogP contribution in [0.15, 0.2) is 48.5 Å². The molecular weight excluding hydrogens is 266 g/mol. The number of carboxylic acids is 1. The largest absolute Gasteiger partial charge is 0.494 e. The maximum Gasteiger partial charge on any atom is 0.337 e. The SMILES string of the molecule is Cc1cccc(C(=O)O)c1NCCCOc1ccccc1. The molecule has 0 unspecified atom stereocenters. The molecule has 0 aliphatic heterocycles. The molecule has 0 atom stereocenters. The van der Waals surface area contributed by atoms with Crippen molar-refractivity contribution in [2.75, 3.05) is 18.5 Å². The second-order valence-electron chi connectivity index (χ2n) is 4.74. The van der Waals surface area contributed by atoms with Gasteiger partial charge >= 0.3 is 5.97 Å². The Bertz CT molecular complexity index is 596. The number of nitrogens with one attached hydrogen (secondary N) is 1. The minimum absolute atomic E-state index is 0.305. The number of carboxylic acid groups (broad SMARTS) is 1. The van der Waals surface area contributed by atoms with Crippen LogP contribution >= 0.6 is 0 Å². The average Bonchev–Trinajstić information content (AvgIpc) is 2.49. The molecule has 0 saturated heterocycles. The number of hydrogen-bond acceptors (Lipinski definition) is 3. The van der Waals surface area contributed by atoms with Crippen LogP contribution in [0.5, 0.6) is 5.75 Å². The maximum absolute atomic E-state index is 11.2. The van der Waals surface area contributed by atoms with Gasteiger partial charge in [-0.15, -0.1) is 0 Å². The van der Waals surface area contributed by atoms with Crippen LogP contribution in [0.1, 0.15) is 22.3 Å². The van der Waals surface area contributed by atoms with E-state index in [9.17, 15) is 9.90 Å². The Morgan fingerprint density at radius 1 is 1.14 bits per heavy atom. The number of ether oxygens (including phenoxy) is 1. The summed E-state index contributed by atoms with van der Waals surface area (Å²) in [5, 5.41) is 12.4. The van der Waals surface area contributed by atoms with Crippen LogP contribution in [0.4, 0.5) is 5.69 Å². The predicted octanol–water partition coefficient (Wildman–Crippen LogP) is 3.57. The summed E-state index contributed by atoms with van der Waals surface area (Å²) in [7, 11) is 0. The number of carbonyl (C=O) groups is 1. The molecule has 2 aromatic carbocycles. The van der Waals surface area contributed by atoms with Gasteiger partial charge in [-0.05, 0) is 37.1 Å². The lowest BCUT2D eigenvalue weighted by Gasteiger charge is -2.12. The third-order valence-electron chi connectivity index (χ3n) is 3.14. The molecule has 2 N–H and O–H groups in total. The molecule has 0 aliphatic carbocycles. The van der Waals surface area contributed by atoms with Gasteiger partial charge in [-0.1, -0.05) is 30.3 Å². The summed E-state index contributed by atoms with van der Waals surface area (Å²) >= 11 is 0. The van der Waals surface area contributed by atoms with Crippen molar-refractivity contribution in [3.05, 3.63) is 59.7 Å². The van der Waals surface area contributed by atoms with Crippen LogP contribution in [-0.2, 0) is 0 Å². The Morgan fingerprint density at radius 3 is 2.62 bits per heavy atom. The lowest BCUT2D eigenvalue weighted by Crippen LogP contribution is -2.11. The number of para-hydroxylation sites is 2. The van der Waals surface area contributed by atoms with E-state index in [4.69, 9.17) is 4.74 Å². The van der Waals surface area contributed by atoms with Gasteiger partial charge < -0.3 is 15.2 Å². The van der Waals surface area contributed by atoms with E-state index in [1.165, 1.54) is 0 Å². The highest BCUT2D eigenvalue weighted by Crippen LogP contribution is 2.20. The first-order chi connectivity index (χ1) is 10.2. The molecule has 4 nitrogen and oxygen atoms in total. The third kappa shape index (κ3) is 4.24. The van der Waals surface area contributed by atoms with Crippen molar-refractivity contribution in [2.45, 2.75) is 13.3 Å². The number of anilines is 1. The van der Waals surface area contributed by atoms with E-state index in [1.54, 1.807) is 12.1 Å². The number of aromatic carboxylic acids is 1.